The number of rotatable bonds is 3. The fourth-order valence-corrected chi connectivity index (χ4v) is 5.03. The van der Waals surface area contributed by atoms with Gasteiger partial charge in [-0.1, -0.05) is 24.4 Å². The summed E-state index contributed by atoms with van der Waals surface area (Å²) in [6, 6.07) is -0.242. The first-order valence-corrected chi connectivity index (χ1v) is 10.8. The molecule has 1 saturated heterocycles. The van der Waals surface area contributed by atoms with Crippen LogP contribution in [0.15, 0.2) is 6.20 Å². The van der Waals surface area contributed by atoms with E-state index in [4.69, 9.17) is 11.6 Å². The highest BCUT2D eigenvalue weighted by Gasteiger charge is 2.40. The summed E-state index contributed by atoms with van der Waals surface area (Å²) in [5.74, 6) is -0.233. The maximum atomic E-state index is 13.5. The molecule has 6 nitrogen and oxygen atoms in total. The van der Waals surface area contributed by atoms with Crippen LogP contribution in [0.5, 0.6) is 0 Å². The van der Waals surface area contributed by atoms with Crippen LogP contribution in [0.3, 0.4) is 0 Å². The Hall–Kier alpha value is -2.03. The average Bonchev–Trinajstić information content (AvgIpc) is 3.12. The van der Waals surface area contributed by atoms with Gasteiger partial charge in [0.05, 0.1) is 23.0 Å². The molecule has 0 bridgehead atoms. The molecule has 0 spiro atoms. The maximum Gasteiger partial charge on any atom is 0.435 e. The number of halogens is 4. The minimum atomic E-state index is -4.51. The molecule has 1 amide bonds. The molecule has 4 rings (SSSR count). The van der Waals surface area contributed by atoms with Gasteiger partial charge < -0.3 is 4.90 Å². The van der Waals surface area contributed by atoms with Crippen molar-refractivity contribution < 1.29 is 18.0 Å². The molecule has 2 aliphatic rings. The van der Waals surface area contributed by atoms with Crippen LogP contribution in [0.1, 0.15) is 67.2 Å². The number of hydrogen-bond donors (Lipinski definition) is 0. The zero-order valence-corrected chi connectivity index (χ0v) is 17.6. The number of alkyl halides is 3. The van der Waals surface area contributed by atoms with E-state index in [1.165, 1.54) is 4.68 Å². The number of aryl methyl sites for hydroxylation is 1. The van der Waals surface area contributed by atoms with Crippen molar-refractivity contribution in [3.63, 3.8) is 0 Å². The smallest absolute Gasteiger partial charge is 0.332 e. The standard InChI is InChI=1S/C20H25ClF3N5O/c1-27-18(14(21)11-25-27)16-9-3-2-6-10-28(16)17(30)12-29-15-8-5-4-7-13(15)19(26-29)20(22,23)24/h11,16H,2-10,12H2,1H3. The van der Waals surface area contributed by atoms with Crippen LogP contribution < -0.4 is 0 Å². The lowest BCUT2D eigenvalue weighted by Gasteiger charge is -2.31. The van der Waals surface area contributed by atoms with Gasteiger partial charge in [-0.05, 0) is 38.5 Å². The predicted molar refractivity (Wildman–Crippen MR) is 105 cm³/mol. The predicted octanol–water partition coefficient (Wildman–Crippen LogP) is 4.31. The fourth-order valence-electron chi connectivity index (χ4n) is 4.73. The van der Waals surface area contributed by atoms with Crippen LogP contribution >= 0.6 is 11.6 Å². The quantitative estimate of drug-likeness (QED) is 0.710. The fraction of sp³-hybridized carbons (Fsp3) is 0.650. The Labute approximate surface area is 178 Å². The van der Waals surface area contributed by atoms with Crippen LogP contribution in [0, 0.1) is 0 Å². The van der Waals surface area contributed by atoms with Gasteiger partial charge in [0.2, 0.25) is 5.91 Å². The molecule has 0 N–H and O–H groups in total. The van der Waals surface area contributed by atoms with E-state index < -0.39 is 11.9 Å². The Morgan fingerprint density at radius 3 is 2.67 bits per heavy atom. The number of nitrogens with zero attached hydrogens (tertiary/aromatic N) is 5. The number of carbonyl (C=O) groups excluding carboxylic acids is 1. The third-order valence-corrected chi connectivity index (χ3v) is 6.43. The zero-order chi connectivity index (χ0) is 21.5. The van der Waals surface area contributed by atoms with Gasteiger partial charge in [-0.3, -0.25) is 14.2 Å². The summed E-state index contributed by atoms with van der Waals surface area (Å²) >= 11 is 6.35. The Morgan fingerprint density at radius 2 is 1.97 bits per heavy atom. The second kappa shape index (κ2) is 8.24. The van der Waals surface area contributed by atoms with Crippen LogP contribution in [0.4, 0.5) is 13.2 Å². The van der Waals surface area contributed by atoms with E-state index >= 15 is 0 Å². The number of hydrogen-bond acceptors (Lipinski definition) is 3. The largest absolute Gasteiger partial charge is 0.435 e. The highest BCUT2D eigenvalue weighted by Crippen LogP contribution is 2.37. The first kappa shape index (κ1) is 21.2. The molecular weight excluding hydrogens is 419 g/mol. The molecule has 0 radical (unpaired) electrons. The van der Waals surface area contributed by atoms with Gasteiger partial charge in [-0.2, -0.15) is 23.4 Å². The lowest BCUT2D eigenvalue weighted by molar-refractivity contribution is -0.143. The van der Waals surface area contributed by atoms with E-state index in [0.29, 0.717) is 36.5 Å². The Balaban J connectivity index is 1.64. The molecular formula is C20H25ClF3N5O. The summed E-state index contributed by atoms with van der Waals surface area (Å²) in [7, 11) is 1.79. The molecule has 1 aliphatic heterocycles. The minimum Gasteiger partial charge on any atom is -0.332 e. The third-order valence-electron chi connectivity index (χ3n) is 6.14. The summed E-state index contributed by atoms with van der Waals surface area (Å²) < 4.78 is 43.4. The van der Waals surface area contributed by atoms with Crippen molar-refractivity contribution in [3.05, 3.63) is 33.9 Å². The molecule has 1 aliphatic carbocycles. The second-order valence-corrected chi connectivity index (χ2v) is 8.50. The molecule has 0 aromatic carbocycles. The van der Waals surface area contributed by atoms with Crippen molar-refractivity contribution in [2.75, 3.05) is 6.54 Å². The van der Waals surface area contributed by atoms with E-state index in [1.807, 2.05) is 0 Å². The van der Waals surface area contributed by atoms with Crippen LogP contribution in [-0.4, -0.2) is 36.9 Å². The molecule has 2 aromatic rings. The molecule has 2 aromatic heterocycles. The number of amides is 1. The highest BCUT2D eigenvalue weighted by molar-refractivity contribution is 6.31. The average molecular weight is 444 g/mol. The molecule has 1 fully saturated rings. The van der Waals surface area contributed by atoms with Gasteiger partial charge in [-0.25, -0.2) is 0 Å². The van der Waals surface area contributed by atoms with E-state index in [2.05, 4.69) is 10.2 Å². The van der Waals surface area contributed by atoms with Crippen molar-refractivity contribution in [3.8, 4) is 0 Å². The lowest BCUT2D eigenvalue weighted by atomic mass is 9.95. The van der Waals surface area contributed by atoms with Gasteiger partial charge >= 0.3 is 6.18 Å². The number of aromatic nitrogens is 4. The summed E-state index contributed by atoms with van der Waals surface area (Å²) in [4.78, 5) is 15.1. The van der Waals surface area contributed by atoms with Crippen LogP contribution in [0.25, 0.3) is 0 Å². The molecule has 1 unspecified atom stereocenters. The van der Waals surface area contributed by atoms with E-state index in [9.17, 15) is 18.0 Å². The van der Waals surface area contributed by atoms with Crippen LogP contribution in [0.2, 0.25) is 5.02 Å². The minimum absolute atomic E-state index is 0.190. The molecule has 10 heteroatoms. The van der Waals surface area contributed by atoms with E-state index in [-0.39, 0.29) is 24.1 Å². The highest BCUT2D eigenvalue weighted by atomic mass is 35.5. The summed E-state index contributed by atoms with van der Waals surface area (Å²) in [6.07, 6.45) is 2.98. The Kier molecular flexibility index (Phi) is 5.83. The van der Waals surface area contributed by atoms with Crippen molar-refractivity contribution in [2.45, 2.75) is 70.1 Å². The number of fused-ring (bicyclic) bond motifs is 1. The SMILES string of the molecule is Cn1ncc(Cl)c1C1CCCCCN1C(=O)Cn1nc(C(F)(F)F)c2c1CCCC2. The van der Waals surface area contributed by atoms with Crippen molar-refractivity contribution in [1.82, 2.24) is 24.5 Å². The Morgan fingerprint density at radius 1 is 1.20 bits per heavy atom. The molecule has 1 atom stereocenters. The van der Waals surface area contributed by atoms with Crippen molar-refractivity contribution >= 4 is 17.5 Å². The van der Waals surface area contributed by atoms with E-state index in [0.717, 1.165) is 37.8 Å². The molecule has 3 heterocycles. The molecule has 164 valence electrons. The monoisotopic (exact) mass is 443 g/mol. The zero-order valence-electron chi connectivity index (χ0n) is 16.9. The number of carbonyl (C=O) groups is 1. The first-order valence-electron chi connectivity index (χ1n) is 10.4. The van der Waals surface area contributed by atoms with Crippen LogP contribution in [-0.2, 0) is 37.4 Å². The topological polar surface area (TPSA) is 56.0 Å². The lowest BCUT2D eigenvalue weighted by Crippen LogP contribution is -2.38. The van der Waals surface area contributed by atoms with Gasteiger partial charge in [0.1, 0.15) is 6.54 Å². The normalized spacial score (nSPS) is 20.2. The first-order chi connectivity index (χ1) is 14.3. The van der Waals surface area contributed by atoms with Gasteiger partial charge in [-0.15, -0.1) is 0 Å². The molecule has 0 saturated carbocycles. The summed E-state index contributed by atoms with van der Waals surface area (Å²) in [5.41, 5.74) is 0.730. The maximum absolute atomic E-state index is 13.5. The summed E-state index contributed by atoms with van der Waals surface area (Å²) in [5, 5.41) is 8.53. The van der Waals surface area contributed by atoms with Gasteiger partial charge in [0.15, 0.2) is 5.69 Å². The van der Waals surface area contributed by atoms with Gasteiger partial charge in [0, 0.05) is 24.8 Å². The van der Waals surface area contributed by atoms with Gasteiger partial charge in [0.25, 0.3) is 0 Å². The number of likely N-dealkylation sites (tertiary alicyclic amines) is 1. The van der Waals surface area contributed by atoms with Crippen molar-refractivity contribution in [1.29, 1.82) is 0 Å². The summed E-state index contributed by atoms with van der Waals surface area (Å²) in [6.45, 7) is 0.352. The molecule has 30 heavy (non-hydrogen) atoms. The second-order valence-electron chi connectivity index (χ2n) is 8.09. The van der Waals surface area contributed by atoms with E-state index in [1.54, 1.807) is 22.8 Å². The van der Waals surface area contributed by atoms with Crippen molar-refractivity contribution in [2.24, 2.45) is 7.05 Å². The Bertz CT molecular complexity index is 916. The third kappa shape index (κ3) is 3.96.